The molecule has 1 aliphatic carbocycles. The Morgan fingerprint density at radius 1 is 1.12 bits per heavy atom. The van der Waals surface area contributed by atoms with Crippen molar-refractivity contribution in [2.75, 3.05) is 12.4 Å². The van der Waals surface area contributed by atoms with Crippen LogP contribution < -0.4 is 10.1 Å². The van der Waals surface area contributed by atoms with Crippen LogP contribution in [0.5, 0.6) is 5.75 Å². The van der Waals surface area contributed by atoms with Crippen molar-refractivity contribution >= 4 is 22.4 Å². The fraction of sp³-hybridized carbons (Fsp3) is 0.200. The number of methoxy groups -OCH3 is 1. The summed E-state index contributed by atoms with van der Waals surface area (Å²) in [7, 11) is 1.64. The van der Waals surface area contributed by atoms with E-state index in [1.807, 2.05) is 60.0 Å². The third-order valence-electron chi connectivity index (χ3n) is 4.62. The molecule has 1 aromatic heterocycles. The number of aromatic nitrogens is 1. The summed E-state index contributed by atoms with van der Waals surface area (Å²) in [6.07, 6.45) is 1.77. The van der Waals surface area contributed by atoms with Crippen molar-refractivity contribution in [1.29, 1.82) is 0 Å². The minimum atomic E-state index is -0.391. The molecule has 1 amide bonds. The topological polar surface area (TPSA) is 51.2 Å². The standard InChI is InChI=1S/C20H18N2O2S/c1-24-17-10-6-5-9-15(17)16-13-25-19(21-16)22-18(23)20(11-12-20)14-7-3-2-4-8-14/h2-10,13H,11-12H2,1H3,(H,21,22,23). The van der Waals surface area contributed by atoms with E-state index >= 15 is 0 Å². The van der Waals surface area contributed by atoms with Gasteiger partial charge in [-0.15, -0.1) is 11.3 Å². The van der Waals surface area contributed by atoms with Crippen molar-refractivity contribution in [2.45, 2.75) is 18.3 Å². The zero-order valence-electron chi connectivity index (χ0n) is 13.9. The third kappa shape index (κ3) is 2.91. The molecule has 0 unspecified atom stereocenters. The molecule has 0 radical (unpaired) electrons. The number of amides is 1. The average Bonchev–Trinajstić information content (AvgIpc) is 3.36. The number of nitrogens with one attached hydrogen (secondary N) is 1. The van der Waals surface area contributed by atoms with Crippen molar-refractivity contribution in [2.24, 2.45) is 0 Å². The molecule has 126 valence electrons. The van der Waals surface area contributed by atoms with Crippen LogP contribution >= 0.6 is 11.3 Å². The molecule has 1 saturated carbocycles. The van der Waals surface area contributed by atoms with Crippen LogP contribution in [0.25, 0.3) is 11.3 Å². The van der Waals surface area contributed by atoms with Crippen molar-refractivity contribution in [1.82, 2.24) is 4.98 Å². The number of para-hydroxylation sites is 1. The number of benzene rings is 2. The Morgan fingerprint density at radius 3 is 2.56 bits per heavy atom. The first-order valence-corrected chi connectivity index (χ1v) is 9.07. The second-order valence-corrected chi connectivity index (χ2v) is 7.00. The fourth-order valence-electron chi connectivity index (χ4n) is 3.06. The smallest absolute Gasteiger partial charge is 0.236 e. The van der Waals surface area contributed by atoms with Crippen molar-refractivity contribution < 1.29 is 9.53 Å². The quantitative estimate of drug-likeness (QED) is 0.738. The van der Waals surface area contributed by atoms with Gasteiger partial charge >= 0.3 is 0 Å². The summed E-state index contributed by atoms with van der Waals surface area (Å²) in [6, 6.07) is 17.7. The molecule has 0 spiro atoms. The highest BCUT2D eigenvalue weighted by atomic mass is 32.1. The van der Waals surface area contributed by atoms with Crippen LogP contribution in [0.3, 0.4) is 0 Å². The molecule has 0 atom stereocenters. The largest absolute Gasteiger partial charge is 0.496 e. The number of thiazole rings is 1. The van der Waals surface area contributed by atoms with Crippen LogP contribution in [0.15, 0.2) is 60.0 Å². The second-order valence-electron chi connectivity index (χ2n) is 6.14. The number of carbonyl (C=O) groups excluding carboxylic acids is 1. The van der Waals surface area contributed by atoms with Crippen molar-refractivity contribution in [3.63, 3.8) is 0 Å². The van der Waals surface area contributed by atoms with E-state index < -0.39 is 5.41 Å². The molecule has 2 aromatic carbocycles. The van der Waals surface area contributed by atoms with E-state index in [1.165, 1.54) is 11.3 Å². The fourth-order valence-corrected chi connectivity index (χ4v) is 3.76. The predicted molar refractivity (Wildman–Crippen MR) is 100 cm³/mol. The van der Waals surface area contributed by atoms with Gasteiger partial charge in [-0.25, -0.2) is 4.98 Å². The number of carbonyl (C=O) groups is 1. The lowest BCUT2D eigenvalue weighted by Crippen LogP contribution is -2.27. The van der Waals surface area contributed by atoms with Crippen LogP contribution in [-0.2, 0) is 10.2 Å². The molecule has 1 N–H and O–H groups in total. The van der Waals surface area contributed by atoms with E-state index in [2.05, 4.69) is 10.3 Å². The van der Waals surface area contributed by atoms with Gasteiger partial charge in [0.15, 0.2) is 5.13 Å². The van der Waals surface area contributed by atoms with Crippen molar-refractivity contribution in [3.05, 3.63) is 65.5 Å². The van der Waals surface area contributed by atoms with Gasteiger partial charge < -0.3 is 10.1 Å². The van der Waals surface area contributed by atoms with Crippen LogP contribution in [0, 0.1) is 0 Å². The van der Waals surface area contributed by atoms with E-state index in [-0.39, 0.29) is 5.91 Å². The molecule has 1 aliphatic rings. The highest BCUT2D eigenvalue weighted by Gasteiger charge is 2.51. The van der Waals surface area contributed by atoms with E-state index in [0.29, 0.717) is 5.13 Å². The maximum atomic E-state index is 12.8. The minimum absolute atomic E-state index is 0.0274. The number of nitrogens with zero attached hydrogens (tertiary/aromatic N) is 1. The number of hydrogen-bond donors (Lipinski definition) is 1. The Morgan fingerprint density at radius 2 is 1.84 bits per heavy atom. The summed E-state index contributed by atoms with van der Waals surface area (Å²) in [5, 5.41) is 5.56. The van der Waals surface area contributed by atoms with E-state index in [0.717, 1.165) is 35.4 Å². The van der Waals surface area contributed by atoms with E-state index in [9.17, 15) is 4.79 Å². The van der Waals surface area contributed by atoms with Gasteiger partial charge in [-0.1, -0.05) is 42.5 Å². The molecular formula is C20H18N2O2S. The Bertz CT molecular complexity index is 901. The van der Waals surface area contributed by atoms with Crippen LogP contribution in [0.4, 0.5) is 5.13 Å². The summed E-state index contributed by atoms with van der Waals surface area (Å²) < 4.78 is 5.39. The number of anilines is 1. The maximum absolute atomic E-state index is 12.8. The van der Waals surface area contributed by atoms with Gasteiger partial charge in [0.2, 0.25) is 5.91 Å². The van der Waals surface area contributed by atoms with Crippen LogP contribution in [0.2, 0.25) is 0 Å². The molecule has 0 aliphatic heterocycles. The second kappa shape index (κ2) is 6.33. The Kier molecular flexibility index (Phi) is 4.01. The van der Waals surface area contributed by atoms with Gasteiger partial charge in [0.05, 0.1) is 18.2 Å². The highest BCUT2D eigenvalue weighted by Crippen LogP contribution is 2.49. The van der Waals surface area contributed by atoms with Gasteiger partial charge in [-0.2, -0.15) is 0 Å². The molecule has 3 aromatic rings. The summed E-state index contributed by atoms with van der Waals surface area (Å²) in [5.74, 6) is 0.799. The maximum Gasteiger partial charge on any atom is 0.236 e. The first-order valence-electron chi connectivity index (χ1n) is 8.19. The van der Waals surface area contributed by atoms with Gasteiger partial charge in [-0.3, -0.25) is 4.79 Å². The van der Waals surface area contributed by atoms with Gasteiger partial charge in [0.25, 0.3) is 0 Å². The Labute approximate surface area is 150 Å². The van der Waals surface area contributed by atoms with E-state index in [4.69, 9.17) is 4.74 Å². The van der Waals surface area contributed by atoms with Gasteiger partial charge in [0.1, 0.15) is 5.75 Å². The number of hydrogen-bond acceptors (Lipinski definition) is 4. The summed E-state index contributed by atoms with van der Waals surface area (Å²) in [6.45, 7) is 0. The highest BCUT2D eigenvalue weighted by molar-refractivity contribution is 7.14. The molecule has 0 saturated heterocycles. The SMILES string of the molecule is COc1ccccc1-c1csc(NC(=O)C2(c3ccccc3)CC2)n1. The Hall–Kier alpha value is -2.66. The monoisotopic (exact) mass is 350 g/mol. The van der Waals surface area contributed by atoms with E-state index in [1.54, 1.807) is 7.11 Å². The zero-order chi connectivity index (χ0) is 17.3. The first kappa shape index (κ1) is 15.8. The van der Waals surface area contributed by atoms with Crippen molar-refractivity contribution in [3.8, 4) is 17.0 Å². The third-order valence-corrected chi connectivity index (χ3v) is 5.38. The molecule has 0 bridgehead atoms. The summed E-state index contributed by atoms with van der Waals surface area (Å²) in [4.78, 5) is 17.4. The Balaban J connectivity index is 1.55. The normalized spacial score (nSPS) is 14.8. The molecule has 5 heteroatoms. The number of ether oxygens (including phenoxy) is 1. The van der Waals surface area contributed by atoms with Crippen LogP contribution in [-0.4, -0.2) is 18.0 Å². The molecule has 1 heterocycles. The van der Waals surface area contributed by atoms with Gasteiger partial charge in [-0.05, 0) is 30.5 Å². The number of rotatable bonds is 5. The van der Waals surface area contributed by atoms with Crippen LogP contribution in [0.1, 0.15) is 18.4 Å². The molecular weight excluding hydrogens is 332 g/mol. The molecule has 4 nitrogen and oxygen atoms in total. The lowest BCUT2D eigenvalue weighted by molar-refractivity contribution is -0.118. The lowest BCUT2D eigenvalue weighted by atomic mass is 9.95. The average molecular weight is 350 g/mol. The molecule has 4 rings (SSSR count). The predicted octanol–water partition coefficient (Wildman–Crippen LogP) is 4.49. The molecule has 1 fully saturated rings. The lowest BCUT2D eigenvalue weighted by Gasteiger charge is -2.14. The summed E-state index contributed by atoms with van der Waals surface area (Å²) in [5.41, 5.74) is 2.42. The zero-order valence-corrected chi connectivity index (χ0v) is 14.7. The van der Waals surface area contributed by atoms with Gasteiger partial charge in [0, 0.05) is 10.9 Å². The minimum Gasteiger partial charge on any atom is -0.496 e. The summed E-state index contributed by atoms with van der Waals surface area (Å²) >= 11 is 1.43. The molecule has 25 heavy (non-hydrogen) atoms. The first-order chi connectivity index (χ1) is 12.2.